The summed E-state index contributed by atoms with van der Waals surface area (Å²) in [6.07, 6.45) is 0.919. The van der Waals surface area contributed by atoms with E-state index in [2.05, 4.69) is 5.16 Å². The van der Waals surface area contributed by atoms with E-state index in [0.29, 0.717) is 27.9 Å². The molecule has 0 saturated heterocycles. The van der Waals surface area contributed by atoms with Crippen molar-refractivity contribution in [1.29, 1.82) is 5.26 Å². The zero-order valence-electron chi connectivity index (χ0n) is 13.6. The number of sulfone groups is 1. The van der Waals surface area contributed by atoms with Crippen molar-refractivity contribution in [3.63, 3.8) is 0 Å². The molecule has 0 amide bonds. The van der Waals surface area contributed by atoms with Crippen molar-refractivity contribution < 1.29 is 22.4 Å². The third-order valence-electron chi connectivity index (χ3n) is 3.79. The predicted octanol–water partition coefficient (Wildman–Crippen LogP) is 2.92. The van der Waals surface area contributed by atoms with E-state index in [1.807, 2.05) is 6.07 Å². The van der Waals surface area contributed by atoms with Crippen molar-refractivity contribution in [3.8, 4) is 28.5 Å². The molecular weight excluding hydrogens is 359 g/mol. The van der Waals surface area contributed by atoms with Gasteiger partial charge in [-0.1, -0.05) is 23.4 Å². The first-order valence-electron chi connectivity index (χ1n) is 7.45. The average molecular weight is 372 g/mol. The Kier molecular flexibility index (Phi) is 4.59. The molecule has 0 unspecified atom stereocenters. The zero-order chi connectivity index (χ0) is 18.9. The minimum Gasteiger partial charge on any atom is -0.388 e. The second-order valence-electron chi connectivity index (χ2n) is 5.60. The van der Waals surface area contributed by atoms with E-state index in [9.17, 15) is 17.9 Å². The Hall–Kier alpha value is -3.02. The lowest BCUT2D eigenvalue weighted by Crippen LogP contribution is -2.01. The molecule has 6 nitrogen and oxygen atoms in total. The first kappa shape index (κ1) is 17.8. The Morgan fingerprint density at radius 1 is 1.23 bits per heavy atom. The Morgan fingerprint density at radius 3 is 2.62 bits per heavy atom. The van der Waals surface area contributed by atoms with Crippen LogP contribution in [0, 0.1) is 17.1 Å². The van der Waals surface area contributed by atoms with Gasteiger partial charge in [0.2, 0.25) is 0 Å². The molecule has 0 atom stereocenters. The topological polar surface area (TPSA) is 104 Å². The van der Waals surface area contributed by atoms with E-state index in [4.69, 9.17) is 9.78 Å². The van der Waals surface area contributed by atoms with Gasteiger partial charge in [-0.2, -0.15) is 5.26 Å². The molecule has 132 valence electrons. The molecule has 0 aliphatic rings. The summed E-state index contributed by atoms with van der Waals surface area (Å²) in [6.45, 7) is -0.476. The lowest BCUT2D eigenvalue weighted by molar-refractivity contribution is 0.230. The summed E-state index contributed by atoms with van der Waals surface area (Å²) in [6, 6.07) is 12.2. The first-order chi connectivity index (χ1) is 12.3. The van der Waals surface area contributed by atoms with Gasteiger partial charge in [0.1, 0.15) is 23.0 Å². The number of hydrogen-bond donors (Lipinski definition) is 1. The van der Waals surface area contributed by atoms with E-state index < -0.39 is 27.2 Å². The molecule has 0 spiro atoms. The van der Waals surface area contributed by atoms with E-state index >= 15 is 0 Å². The number of aliphatic hydroxyl groups is 1. The number of nitrogens with zero attached hydrogens (tertiary/aromatic N) is 2. The van der Waals surface area contributed by atoms with Gasteiger partial charge in [0, 0.05) is 11.8 Å². The molecule has 3 rings (SSSR count). The van der Waals surface area contributed by atoms with Gasteiger partial charge in [0.25, 0.3) is 0 Å². The fraction of sp³-hybridized carbons (Fsp3) is 0.111. The smallest absolute Gasteiger partial charge is 0.178 e. The first-order valence-corrected chi connectivity index (χ1v) is 9.34. The van der Waals surface area contributed by atoms with Crippen LogP contribution < -0.4 is 0 Å². The summed E-state index contributed by atoms with van der Waals surface area (Å²) in [5.74, 6) is -0.805. The van der Waals surface area contributed by atoms with Crippen LogP contribution in [0.1, 0.15) is 11.3 Å². The third-order valence-corrected chi connectivity index (χ3v) is 4.92. The molecule has 0 aliphatic carbocycles. The van der Waals surface area contributed by atoms with Crippen LogP contribution in [-0.2, 0) is 16.4 Å². The molecule has 0 saturated carbocycles. The number of rotatable bonds is 4. The van der Waals surface area contributed by atoms with Crippen molar-refractivity contribution in [2.24, 2.45) is 0 Å². The minimum absolute atomic E-state index is 0.105. The standard InChI is InChI=1S/C18H13FN2O4S/c1-26(23,24)16-6-5-12(8-14(16)19)17-15(10-22)25-21-18(17)13-4-2-3-11(7-13)9-20/h2-8,22H,10H2,1H3. The number of halogens is 1. The summed E-state index contributed by atoms with van der Waals surface area (Å²) in [7, 11) is -3.71. The van der Waals surface area contributed by atoms with Crippen LogP contribution in [0.15, 0.2) is 51.9 Å². The van der Waals surface area contributed by atoms with Crippen LogP contribution in [0.25, 0.3) is 22.4 Å². The molecule has 26 heavy (non-hydrogen) atoms. The second-order valence-corrected chi connectivity index (χ2v) is 7.58. The maximum absolute atomic E-state index is 14.3. The molecule has 1 aromatic heterocycles. The van der Waals surface area contributed by atoms with Gasteiger partial charge >= 0.3 is 0 Å². The molecule has 2 aromatic carbocycles. The lowest BCUT2D eigenvalue weighted by Gasteiger charge is -2.07. The van der Waals surface area contributed by atoms with Crippen molar-refractivity contribution in [2.75, 3.05) is 6.26 Å². The monoisotopic (exact) mass is 372 g/mol. The highest BCUT2D eigenvalue weighted by atomic mass is 32.2. The Bertz CT molecular complexity index is 1130. The summed E-state index contributed by atoms with van der Waals surface area (Å²) < 4.78 is 42.6. The lowest BCUT2D eigenvalue weighted by atomic mass is 9.98. The molecular formula is C18H13FN2O4S. The Labute approximate surface area is 149 Å². The highest BCUT2D eigenvalue weighted by molar-refractivity contribution is 7.90. The van der Waals surface area contributed by atoms with Gasteiger partial charge in [0.15, 0.2) is 15.6 Å². The van der Waals surface area contributed by atoms with Crippen LogP contribution in [0.2, 0.25) is 0 Å². The predicted molar refractivity (Wildman–Crippen MR) is 91.1 cm³/mol. The Morgan fingerprint density at radius 2 is 2.00 bits per heavy atom. The molecule has 3 aromatic rings. The summed E-state index contributed by atoms with van der Waals surface area (Å²) in [4.78, 5) is -0.420. The molecule has 0 bridgehead atoms. The molecule has 0 radical (unpaired) electrons. The summed E-state index contributed by atoms with van der Waals surface area (Å²) >= 11 is 0. The maximum atomic E-state index is 14.3. The largest absolute Gasteiger partial charge is 0.388 e. The third kappa shape index (κ3) is 3.22. The van der Waals surface area contributed by atoms with Crippen molar-refractivity contribution in [3.05, 3.63) is 59.6 Å². The van der Waals surface area contributed by atoms with Crippen molar-refractivity contribution in [2.45, 2.75) is 11.5 Å². The van der Waals surface area contributed by atoms with Crippen LogP contribution in [0.5, 0.6) is 0 Å². The van der Waals surface area contributed by atoms with E-state index in [-0.39, 0.29) is 5.76 Å². The van der Waals surface area contributed by atoms with Gasteiger partial charge in [-0.3, -0.25) is 0 Å². The molecule has 1 heterocycles. The highest BCUT2D eigenvalue weighted by Gasteiger charge is 2.22. The number of aliphatic hydroxyl groups excluding tert-OH is 1. The molecule has 8 heteroatoms. The van der Waals surface area contributed by atoms with Gasteiger partial charge < -0.3 is 9.63 Å². The van der Waals surface area contributed by atoms with E-state index in [1.54, 1.807) is 24.3 Å². The minimum atomic E-state index is -3.71. The second kappa shape index (κ2) is 6.71. The Balaban J connectivity index is 2.21. The van der Waals surface area contributed by atoms with Gasteiger partial charge in [0.05, 0.1) is 17.2 Å². The average Bonchev–Trinajstić information content (AvgIpc) is 3.04. The number of hydrogen-bond acceptors (Lipinski definition) is 6. The quantitative estimate of drug-likeness (QED) is 0.755. The number of benzene rings is 2. The molecule has 0 fully saturated rings. The maximum Gasteiger partial charge on any atom is 0.178 e. The van der Waals surface area contributed by atoms with Crippen molar-refractivity contribution >= 4 is 9.84 Å². The van der Waals surface area contributed by atoms with E-state index in [0.717, 1.165) is 18.4 Å². The normalized spacial score (nSPS) is 11.3. The van der Waals surface area contributed by atoms with Crippen LogP contribution in [-0.4, -0.2) is 24.9 Å². The van der Waals surface area contributed by atoms with Crippen LogP contribution in [0.3, 0.4) is 0 Å². The summed E-state index contributed by atoms with van der Waals surface area (Å²) in [5, 5.41) is 22.5. The summed E-state index contributed by atoms with van der Waals surface area (Å²) in [5.41, 5.74) is 1.91. The SMILES string of the molecule is CS(=O)(=O)c1ccc(-c2c(-c3cccc(C#N)c3)noc2CO)cc1F. The van der Waals surface area contributed by atoms with Crippen LogP contribution in [0.4, 0.5) is 4.39 Å². The molecule has 0 aliphatic heterocycles. The number of nitriles is 1. The van der Waals surface area contributed by atoms with Gasteiger partial charge in [-0.15, -0.1) is 0 Å². The fourth-order valence-electron chi connectivity index (χ4n) is 2.62. The zero-order valence-corrected chi connectivity index (χ0v) is 14.4. The van der Waals surface area contributed by atoms with E-state index in [1.165, 1.54) is 6.07 Å². The highest BCUT2D eigenvalue weighted by Crippen LogP contribution is 2.36. The fourth-order valence-corrected chi connectivity index (χ4v) is 3.35. The van der Waals surface area contributed by atoms with Gasteiger partial charge in [-0.25, -0.2) is 12.8 Å². The van der Waals surface area contributed by atoms with Gasteiger partial charge in [-0.05, 0) is 29.8 Å². The van der Waals surface area contributed by atoms with Crippen molar-refractivity contribution in [1.82, 2.24) is 5.16 Å². The number of aromatic nitrogens is 1. The molecule has 1 N–H and O–H groups in total. The van der Waals surface area contributed by atoms with Crippen LogP contribution >= 0.6 is 0 Å².